The first-order valence-corrected chi connectivity index (χ1v) is 7.85. The minimum Gasteiger partial charge on any atom is -0.340 e. The normalized spacial score (nSPS) is 10.2. The number of anilines is 3. The quantitative estimate of drug-likeness (QED) is 0.701. The van der Waals surface area contributed by atoms with E-state index < -0.39 is 0 Å². The van der Waals surface area contributed by atoms with E-state index in [2.05, 4.69) is 15.6 Å². The molecule has 0 atom stereocenters. The summed E-state index contributed by atoms with van der Waals surface area (Å²) in [4.78, 5) is 16.5. The summed E-state index contributed by atoms with van der Waals surface area (Å²) in [6.07, 6.45) is 1.62. The van der Waals surface area contributed by atoms with E-state index >= 15 is 0 Å². The molecular weight excluding hydrogens is 322 g/mol. The number of halogens is 1. The lowest BCUT2D eigenvalue weighted by atomic mass is 10.2. The lowest BCUT2D eigenvalue weighted by molar-refractivity contribution is 0.102. The maximum absolute atomic E-state index is 12.1. The van der Waals surface area contributed by atoms with Gasteiger partial charge in [-0.05, 0) is 55.0 Å². The zero-order valence-corrected chi connectivity index (χ0v) is 13.8. The number of amides is 1. The van der Waals surface area contributed by atoms with Gasteiger partial charge in [-0.3, -0.25) is 4.79 Å². The summed E-state index contributed by atoms with van der Waals surface area (Å²) in [6, 6.07) is 18.3. The van der Waals surface area contributed by atoms with E-state index in [0.717, 1.165) is 11.3 Å². The van der Waals surface area contributed by atoms with Gasteiger partial charge in [0.05, 0.1) is 11.9 Å². The average Bonchev–Trinajstić information content (AvgIpc) is 2.59. The van der Waals surface area contributed by atoms with Gasteiger partial charge in [0, 0.05) is 16.3 Å². The summed E-state index contributed by atoms with van der Waals surface area (Å²) >= 11 is 5.82. The molecule has 0 bridgehead atoms. The number of benzene rings is 2. The van der Waals surface area contributed by atoms with Gasteiger partial charge in [-0.1, -0.05) is 29.8 Å². The molecule has 0 aliphatic carbocycles. The molecule has 1 heterocycles. The zero-order valence-electron chi connectivity index (χ0n) is 13.1. The number of aromatic nitrogens is 1. The van der Waals surface area contributed by atoms with Crippen molar-refractivity contribution in [3.05, 3.63) is 83.0 Å². The molecule has 0 saturated heterocycles. The third-order valence-corrected chi connectivity index (χ3v) is 3.79. The van der Waals surface area contributed by atoms with Gasteiger partial charge in [0.1, 0.15) is 5.82 Å². The SMILES string of the molecule is Cc1ccccc1Nc1ccc(NC(=O)c2ccc(Cl)cc2)cn1. The van der Waals surface area contributed by atoms with E-state index in [1.807, 2.05) is 37.3 Å². The number of hydrogen-bond acceptors (Lipinski definition) is 3. The zero-order chi connectivity index (χ0) is 16.9. The van der Waals surface area contributed by atoms with Crippen LogP contribution in [0.1, 0.15) is 15.9 Å². The van der Waals surface area contributed by atoms with Crippen LogP contribution in [0.15, 0.2) is 66.9 Å². The van der Waals surface area contributed by atoms with Crippen LogP contribution in [-0.2, 0) is 0 Å². The van der Waals surface area contributed by atoms with Crippen molar-refractivity contribution >= 4 is 34.7 Å². The topological polar surface area (TPSA) is 54.0 Å². The number of carbonyl (C=O) groups excluding carboxylic acids is 1. The van der Waals surface area contributed by atoms with Gasteiger partial charge in [-0.2, -0.15) is 0 Å². The van der Waals surface area contributed by atoms with Crippen molar-refractivity contribution in [2.24, 2.45) is 0 Å². The highest BCUT2D eigenvalue weighted by atomic mass is 35.5. The Morgan fingerprint density at radius 3 is 2.42 bits per heavy atom. The van der Waals surface area contributed by atoms with Crippen LogP contribution in [-0.4, -0.2) is 10.9 Å². The van der Waals surface area contributed by atoms with Gasteiger partial charge in [-0.25, -0.2) is 4.98 Å². The van der Waals surface area contributed by atoms with E-state index in [1.54, 1.807) is 36.5 Å². The predicted octanol–water partition coefficient (Wildman–Crippen LogP) is 5.04. The molecule has 2 N–H and O–H groups in total. The number of nitrogens with one attached hydrogen (secondary N) is 2. The molecule has 0 radical (unpaired) electrons. The van der Waals surface area contributed by atoms with Crippen molar-refractivity contribution in [2.75, 3.05) is 10.6 Å². The molecule has 24 heavy (non-hydrogen) atoms. The summed E-state index contributed by atoms with van der Waals surface area (Å²) in [6.45, 7) is 2.03. The molecule has 5 heteroatoms. The fourth-order valence-corrected chi connectivity index (χ4v) is 2.32. The fraction of sp³-hybridized carbons (Fsp3) is 0.0526. The molecule has 3 rings (SSSR count). The number of nitrogens with zero attached hydrogens (tertiary/aromatic N) is 1. The summed E-state index contributed by atoms with van der Waals surface area (Å²) in [5, 5.41) is 6.66. The smallest absolute Gasteiger partial charge is 0.255 e. The van der Waals surface area contributed by atoms with E-state index in [-0.39, 0.29) is 5.91 Å². The van der Waals surface area contributed by atoms with Gasteiger partial charge in [0.15, 0.2) is 0 Å². The molecule has 1 aromatic heterocycles. The number of rotatable bonds is 4. The standard InChI is InChI=1S/C19H16ClN3O/c1-13-4-2-3-5-17(13)23-18-11-10-16(12-21-18)22-19(24)14-6-8-15(20)9-7-14/h2-12H,1H3,(H,21,23)(H,22,24). The molecule has 0 aliphatic heterocycles. The van der Waals surface area contributed by atoms with Crippen molar-refractivity contribution in [1.29, 1.82) is 0 Å². The number of hydrogen-bond donors (Lipinski definition) is 2. The van der Waals surface area contributed by atoms with Crippen LogP contribution >= 0.6 is 11.6 Å². The van der Waals surface area contributed by atoms with Crippen molar-refractivity contribution in [3.63, 3.8) is 0 Å². The lowest BCUT2D eigenvalue weighted by Crippen LogP contribution is -2.11. The van der Waals surface area contributed by atoms with Crippen LogP contribution in [0, 0.1) is 6.92 Å². The molecule has 0 aliphatic rings. The molecule has 0 spiro atoms. The number of aryl methyl sites for hydroxylation is 1. The molecule has 0 unspecified atom stereocenters. The van der Waals surface area contributed by atoms with Crippen LogP contribution in [0.25, 0.3) is 0 Å². The van der Waals surface area contributed by atoms with Gasteiger partial charge in [0.25, 0.3) is 5.91 Å². The molecular formula is C19H16ClN3O. The lowest BCUT2D eigenvalue weighted by Gasteiger charge is -2.09. The van der Waals surface area contributed by atoms with Gasteiger partial charge < -0.3 is 10.6 Å². The minimum atomic E-state index is -0.201. The molecule has 1 amide bonds. The van der Waals surface area contributed by atoms with E-state index in [4.69, 9.17) is 11.6 Å². The minimum absolute atomic E-state index is 0.201. The largest absolute Gasteiger partial charge is 0.340 e. The highest BCUT2D eigenvalue weighted by molar-refractivity contribution is 6.30. The molecule has 0 fully saturated rings. The van der Waals surface area contributed by atoms with Gasteiger partial charge in [-0.15, -0.1) is 0 Å². The van der Waals surface area contributed by atoms with E-state index in [0.29, 0.717) is 22.1 Å². The number of pyridine rings is 1. The first-order valence-electron chi connectivity index (χ1n) is 7.47. The van der Waals surface area contributed by atoms with Crippen molar-refractivity contribution in [1.82, 2.24) is 4.98 Å². The Morgan fingerprint density at radius 2 is 1.75 bits per heavy atom. The van der Waals surface area contributed by atoms with E-state index in [9.17, 15) is 4.79 Å². The Morgan fingerprint density at radius 1 is 1.00 bits per heavy atom. The van der Waals surface area contributed by atoms with Crippen LogP contribution < -0.4 is 10.6 Å². The van der Waals surface area contributed by atoms with Gasteiger partial charge >= 0.3 is 0 Å². The molecule has 120 valence electrons. The van der Waals surface area contributed by atoms with Crippen LogP contribution in [0.4, 0.5) is 17.2 Å². The third-order valence-electron chi connectivity index (χ3n) is 3.54. The highest BCUT2D eigenvalue weighted by Gasteiger charge is 2.06. The second-order valence-electron chi connectivity index (χ2n) is 5.33. The Labute approximate surface area is 145 Å². The Kier molecular flexibility index (Phi) is 4.77. The first kappa shape index (κ1) is 16.0. The summed E-state index contributed by atoms with van der Waals surface area (Å²) < 4.78 is 0. The monoisotopic (exact) mass is 337 g/mol. The Hall–Kier alpha value is -2.85. The molecule has 3 aromatic rings. The number of para-hydroxylation sites is 1. The highest BCUT2D eigenvalue weighted by Crippen LogP contribution is 2.20. The molecule has 0 saturated carbocycles. The fourth-order valence-electron chi connectivity index (χ4n) is 2.20. The second kappa shape index (κ2) is 7.15. The molecule has 4 nitrogen and oxygen atoms in total. The van der Waals surface area contributed by atoms with E-state index in [1.165, 1.54) is 0 Å². The first-order chi connectivity index (χ1) is 11.6. The maximum Gasteiger partial charge on any atom is 0.255 e. The van der Waals surface area contributed by atoms with Crippen molar-refractivity contribution in [2.45, 2.75) is 6.92 Å². The summed E-state index contributed by atoms with van der Waals surface area (Å²) in [5.74, 6) is 0.516. The Bertz CT molecular complexity index is 845. The van der Waals surface area contributed by atoms with Crippen molar-refractivity contribution < 1.29 is 4.79 Å². The second-order valence-corrected chi connectivity index (χ2v) is 5.77. The van der Waals surface area contributed by atoms with Crippen molar-refractivity contribution in [3.8, 4) is 0 Å². The average molecular weight is 338 g/mol. The Balaban J connectivity index is 1.67. The predicted molar refractivity (Wildman–Crippen MR) is 98.1 cm³/mol. The summed E-state index contributed by atoms with van der Waals surface area (Å²) in [7, 11) is 0. The molecule has 2 aromatic carbocycles. The third kappa shape index (κ3) is 3.91. The van der Waals surface area contributed by atoms with Gasteiger partial charge in [0.2, 0.25) is 0 Å². The van der Waals surface area contributed by atoms with Crippen LogP contribution in [0.5, 0.6) is 0 Å². The maximum atomic E-state index is 12.1. The number of carbonyl (C=O) groups is 1. The van der Waals surface area contributed by atoms with Crippen LogP contribution in [0.3, 0.4) is 0 Å². The summed E-state index contributed by atoms with van der Waals surface area (Å²) in [5.41, 5.74) is 3.31. The van der Waals surface area contributed by atoms with Crippen LogP contribution in [0.2, 0.25) is 5.02 Å².